The van der Waals surface area contributed by atoms with Crippen molar-refractivity contribution in [2.75, 3.05) is 91.8 Å². The Morgan fingerprint density at radius 2 is 1.53 bits per heavy atom. The number of rotatable bonds is 13. The van der Waals surface area contributed by atoms with Crippen LogP contribution in [-0.2, 0) is 14.4 Å². The van der Waals surface area contributed by atoms with Gasteiger partial charge in [0.1, 0.15) is 16.8 Å². The second-order valence-corrected chi connectivity index (χ2v) is 17.0. The normalized spacial score (nSPS) is 19.2. The highest BCUT2D eigenvalue weighted by Gasteiger charge is 2.32. The summed E-state index contributed by atoms with van der Waals surface area (Å²) in [5.41, 5.74) is 4.90. The fraction of sp³-hybridized carbons (Fsp3) is 0.435. The van der Waals surface area contributed by atoms with Gasteiger partial charge >= 0.3 is 0 Å². The molecular formula is C46H55ClN10O5. The van der Waals surface area contributed by atoms with Gasteiger partial charge in [0, 0.05) is 86.8 Å². The van der Waals surface area contributed by atoms with Crippen molar-refractivity contribution in [2.45, 2.75) is 51.5 Å². The minimum Gasteiger partial charge on any atom is -0.494 e. The molecule has 0 saturated carbocycles. The van der Waals surface area contributed by atoms with Gasteiger partial charge in [-0.15, -0.1) is 0 Å². The molecule has 62 heavy (non-hydrogen) atoms. The average Bonchev–Trinajstić information content (AvgIpc) is 3.29. The number of halogens is 1. The number of benzene rings is 3. The zero-order valence-electron chi connectivity index (χ0n) is 35.4. The lowest BCUT2D eigenvalue weighted by molar-refractivity contribution is -0.137. The molecule has 4 aliphatic rings. The Labute approximate surface area is 367 Å². The number of anilines is 7. The zero-order valence-corrected chi connectivity index (χ0v) is 36.1. The lowest BCUT2D eigenvalue weighted by Crippen LogP contribution is -2.52. The molecular weight excluding hydrogens is 808 g/mol. The molecule has 326 valence electrons. The van der Waals surface area contributed by atoms with Crippen molar-refractivity contribution in [1.29, 1.82) is 0 Å². The van der Waals surface area contributed by atoms with Crippen LogP contribution in [0.5, 0.6) is 5.75 Å². The van der Waals surface area contributed by atoms with Gasteiger partial charge in [-0.1, -0.05) is 23.7 Å². The summed E-state index contributed by atoms with van der Waals surface area (Å²) in [4.78, 5) is 67.7. The molecule has 1 aromatic heterocycles. The van der Waals surface area contributed by atoms with Crippen molar-refractivity contribution in [3.8, 4) is 5.75 Å². The molecule has 8 rings (SSSR count). The maximum absolute atomic E-state index is 13.7. The van der Waals surface area contributed by atoms with E-state index in [1.165, 1.54) is 18.8 Å². The third kappa shape index (κ3) is 10.2. The molecule has 5 heterocycles. The van der Waals surface area contributed by atoms with Gasteiger partial charge in [-0.25, -0.2) is 4.98 Å². The SMILES string of the molecule is COc1cc(N2CCN(C(=O)C3CCN(CC4CCN(c5ccc(NC6CCC(=O)NC6=O)cc5)CC4)CC3)CC2)ccc1Nc1ncc(Cl)c(Nc2ccccc2C(C)=O)n1. The van der Waals surface area contributed by atoms with Crippen LogP contribution >= 0.6 is 11.6 Å². The van der Waals surface area contributed by atoms with Crippen LogP contribution in [0.4, 0.5) is 40.2 Å². The summed E-state index contributed by atoms with van der Waals surface area (Å²) in [5.74, 6) is 1.77. The Kier molecular flexibility index (Phi) is 13.4. The predicted molar refractivity (Wildman–Crippen MR) is 242 cm³/mol. The number of carbonyl (C=O) groups is 4. The topological polar surface area (TPSA) is 164 Å². The number of methoxy groups -OCH3 is 1. The smallest absolute Gasteiger partial charge is 0.249 e. The fourth-order valence-corrected chi connectivity index (χ4v) is 9.13. The van der Waals surface area contributed by atoms with E-state index in [2.05, 4.69) is 63.0 Å². The molecule has 1 atom stereocenters. The van der Waals surface area contributed by atoms with Crippen LogP contribution in [0.15, 0.2) is 72.9 Å². The Balaban J connectivity index is 0.763. The Morgan fingerprint density at radius 1 is 0.823 bits per heavy atom. The van der Waals surface area contributed by atoms with Crippen molar-refractivity contribution in [3.05, 3.63) is 83.5 Å². The van der Waals surface area contributed by atoms with Crippen LogP contribution in [-0.4, -0.2) is 115 Å². The number of ketones is 1. The van der Waals surface area contributed by atoms with Gasteiger partial charge in [0.15, 0.2) is 11.6 Å². The Bertz CT molecular complexity index is 2250. The van der Waals surface area contributed by atoms with E-state index >= 15 is 0 Å². The highest BCUT2D eigenvalue weighted by Crippen LogP contribution is 2.34. The quantitative estimate of drug-likeness (QED) is 0.0873. The Hall–Kier alpha value is -5.93. The number of hydrogen-bond donors (Lipinski definition) is 4. The van der Waals surface area contributed by atoms with E-state index in [1.807, 2.05) is 42.5 Å². The summed E-state index contributed by atoms with van der Waals surface area (Å²) in [5, 5.41) is 12.4. The van der Waals surface area contributed by atoms with Crippen LogP contribution in [0.1, 0.15) is 55.8 Å². The second-order valence-electron chi connectivity index (χ2n) is 16.6. The predicted octanol–water partition coefficient (Wildman–Crippen LogP) is 6.32. The molecule has 3 aromatic carbocycles. The van der Waals surface area contributed by atoms with Crippen molar-refractivity contribution in [2.24, 2.45) is 11.8 Å². The standard InChI is InChI=1S/C46H55ClN10O5/c1-30(58)36-5-3-4-6-38(36)50-43-37(47)28-48-46(53-43)51-39-12-11-35(27-41(39)62-2)56-23-25-57(26-24-56)45(61)32-17-19-54(20-18-32)29-31-15-21-55(22-16-31)34-9-7-33(8-10-34)49-40-13-14-42(59)52-44(40)60/h3-12,27-28,31-32,40,49H,13-26,29H2,1-2H3,(H,52,59,60)(H2,48,50,51,53). The minimum absolute atomic E-state index is 0.0723. The lowest BCUT2D eigenvalue weighted by atomic mass is 9.91. The fourth-order valence-electron chi connectivity index (χ4n) is 8.99. The summed E-state index contributed by atoms with van der Waals surface area (Å²) >= 11 is 6.43. The monoisotopic (exact) mass is 862 g/mol. The maximum atomic E-state index is 13.7. The van der Waals surface area contributed by atoms with E-state index in [0.717, 1.165) is 82.9 Å². The number of piperazine rings is 1. The molecule has 0 aliphatic carbocycles. The maximum Gasteiger partial charge on any atom is 0.249 e. The van der Waals surface area contributed by atoms with Crippen molar-refractivity contribution >= 4 is 75.3 Å². The van der Waals surface area contributed by atoms with E-state index in [0.29, 0.717) is 71.3 Å². The van der Waals surface area contributed by atoms with Gasteiger partial charge in [-0.05, 0) is 107 Å². The Morgan fingerprint density at radius 3 is 2.24 bits per heavy atom. The summed E-state index contributed by atoms with van der Waals surface area (Å²) in [6, 6.07) is 21.0. The number of carbonyl (C=O) groups excluding carboxylic acids is 4. The van der Waals surface area contributed by atoms with E-state index < -0.39 is 0 Å². The molecule has 3 amide bonds. The number of piperidine rings is 3. The molecule has 0 bridgehead atoms. The molecule has 4 fully saturated rings. The van der Waals surface area contributed by atoms with E-state index in [4.69, 9.17) is 16.3 Å². The summed E-state index contributed by atoms with van der Waals surface area (Å²) in [7, 11) is 1.62. The number of Topliss-reactive ketones (excluding diaryl/α,β-unsaturated/α-hetero) is 1. The van der Waals surface area contributed by atoms with Gasteiger partial charge in [0.05, 0.1) is 24.7 Å². The average molecular weight is 863 g/mol. The van der Waals surface area contributed by atoms with E-state index in [1.54, 1.807) is 19.2 Å². The molecule has 15 nitrogen and oxygen atoms in total. The van der Waals surface area contributed by atoms with Gasteiger partial charge in [0.2, 0.25) is 23.7 Å². The molecule has 4 saturated heterocycles. The number of imide groups is 1. The first-order chi connectivity index (χ1) is 30.1. The van der Waals surface area contributed by atoms with Gasteiger partial charge in [-0.3, -0.25) is 24.5 Å². The number of nitrogens with one attached hydrogen (secondary N) is 4. The van der Waals surface area contributed by atoms with E-state index in [9.17, 15) is 19.2 Å². The molecule has 1 unspecified atom stereocenters. The molecule has 4 aliphatic heterocycles. The molecule has 4 aromatic rings. The van der Waals surface area contributed by atoms with E-state index in [-0.39, 0.29) is 35.5 Å². The summed E-state index contributed by atoms with van der Waals surface area (Å²) in [6.45, 7) is 9.38. The van der Waals surface area contributed by atoms with Gasteiger partial charge in [0.25, 0.3) is 0 Å². The highest BCUT2D eigenvalue weighted by molar-refractivity contribution is 6.33. The van der Waals surface area contributed by atoms with Crippen LogP contribution in [0, 0.1) is 11.8 Å². The van der Waals surface area contributed by atoms with Crippen molar-refractivity contribution in [1.82, 2.24) is 25.1 Å². The minimum atomic E-state index is -0.384. The number of amides is 3. The number of para-hydroxylation sites is 1. The largest absolute Gasteiger partial charge is 0.494 e. The first-order valence-electron chi connectivity index (χ1n) is 21.7. The van der Waals surface area contributed by atoms with Gasteiger partial charge < -0.3 is 40.3 Å². The number of likely N-dealkylation sites (tertiary alicyclic amines) is 1. The molecule has 0 spiro atoms. The van der Waals surface area contributed by atoms with Crippen LogP contribution in [0.2, 0.25) is 5.02 Å². The van der Waals surface area contributed by atoms with Gasteiger partial charge in [-0.2, -0.15) is 4.98 Å². The molecule has 16 heteroatoms. The van der Waals surface area contributed by atoms with Crippen LogP contribution in [0.25, 0.3) is 0 Å². The summed E-state index contributed by atoms with van der Waals surface area (Å²) in [6.07, 6.45) is 6.46. The number of aromatic nitrogens is 2. The van der Waals surface area contributed by atoms with Crippen LogP contribution < -0.4 is 35.8 Å². The molecule has 0 radical (unpaired) electrons. The highest BCUT2D eigenvalue weighted by atomic mass is 35.5. The number of nitrogens with zero attached hydrogens (tertiary/aromatic N) is 6. The van der Waals surface area contributed by atoms with Crippen LogP contribution in [0.3, 0.4) is 0 Å². The zero-order chi connectivity index (χ0) is 43.2. The second kappa shape index (κ2) is 19.4. The number of hydrogen-bond acceptors (Lipinski definition) is 13. The first-order valence-corrected chi connectivity index (χ1v) is 22.0. The first kappa shape index (κ1) is 42.7. The lowest BCUT2D eigenvalue weighted by Gasteiger charge is -2.40. The third-order valence-electron chi connectivity index (χ3n) is 12.6. The van der Waals surface area contributed by atoms with Crippen molar-refractivity contribution < 1.29 is 23.9 Å². The van der Waals surface area contributed by atoms with Crippen molar-refractivity contribution in [3.63, 3.8) is 0 Å². The third-order valence-corrected chi connectivity index (χ3v) is 12.8. The molecule has 4 N–H and O–H groups in total. The number of ether oxygens (including phenoxy) is 1. The summed E-state index contributed by atoms with van der Waals surface area (Å²) < 4.78 is 5.77.